The molecule has 0 bridgehead atoms. The van der Waals surface area contributed by atoms with Crippen molar-refractivity contribution in [3.8, 4) is 5.75 Å². The van der Waals surface area contributed by atoms with Crippen LogP contribution in [0.2, 0.25) is 0 Å². The first kappa shape index (κ1) is 27.6. The first-order valence-electron chi connectivity index (χ1n) is 11.1. The highest BCUT2D eigenvalue weighted by atomic mass is 32.2. The number of benzene rings is 2. The van der Waals surface area contributed by atoms with Gasteiger partial charge in [0.2, 0.25) is 0 Å². The Kier molecular flexibility index (Phi) is 8.71. The van der Waals surface area contributed by atoms with Gasteiger partial charge < -0.3 is 15.8 Å². The van der Waals surface area contributed by atoms with Crippen molar-refractivity contribution in [2.24, 2.45) is 5.73 Å². The third kappa shape index (κ3) is 6.27. The average Bonchev–Trinajstić information content (AvgIpc) is 2.76. The van der Waals surface area contributed by atoms with E-state index in [1.165, 1.54) is 14.2 Å². The van der Waals surface area contributed by atoms with Gasteiger partial charge in [0, 0.05) is 13.6 Å². The molecule has 0 aromatic heterocycles. The number of nitrogens with zero attached hydrogens (tertiary/aromatic N) is 1. The molecule has 1 amide bonds. The Hall–Kier alpha value is -2.65. The summed E-state index contributed by atoms with van der Waals surface area (Å²) in [4.78, 5) is 13.1. The van der Waals surface area contributed by atoms with Gasteiger partial charge in [0.05, 0.1) is 17.6 Å². The van der Waals surface area contributed by atoms with Crippen LogP contribution in [0.25, 0.3) is 0 Å². The van der Waals surface area contributed by atoms with E-state index < -0.39 is 10.0 Å². The third-order valence-electron chi connectivity index (χ3n) is 5.66. The monoisotopic (exact) mass is 505 g/mol. The van der Waals surface area contributed by atoms with E-state index in [1.807, 2.05) is 32.0 Å². The van der Waals surface area contributed by atoms with Crippen molar-refractivity contribution >= 4 is 33.3 Å². The van der Waals surface area contributed by atoms with Crippen LogP contribution >= 0.6 is 12.2 Å². The van der Waals surface area contributed by atoms with Crippen molar-refractivity contribution in [1.82, 2.24) is 9.62 Å². The zero-order valence-corrected chi connectivity index (χ0v) is 22.6. The van der Waals surface area contributed by atoms with Crippen LogP contribution in [0.1, 0.15) is 67.6 Å². The van der Waals surface area contributed by atoms with Gasteiger partial charge in [-0.05, 0) is 64.9 Å². The Bertz CT molecular complexity index is 1170. The molecule has 0 aliphatic heterocycles. The molecule has 0 aliphatic rings. The molecule has 2 aromatic carbocycles. The van der Waals surface area contributed by atoms with Crippen molar-refractivity contribution in [2.45, 2.75) is 57.3 Å². The van der Waals surface area contributed by atoms with E-state index in [4.69, 9.17) is 22.7 Å². The highest BCUT2D eigenvalue weighted by molar-refractivity contribution is 7.91. The molecule has 9 heteroatoms. The summed E-state index contributed by atoms with van der Waals surface area (Å²) in [6, 6.07) is 10.9. The molecule has 0 heterocycles. The van der Waals surface area contributed by atoms with Crippen LogP contribution in [-0.2, 0) is 21.9 Å². The Balaban J connectivity index is 2.26. The molecule has 0 spiro atoms. The number of rotatable bonds is 8. The predicted molar refractivity (Wildman–Crippen MR) is 140 cm³/mol. The number of nitrogens with one attached hydrogen (secondary N) is 1. The molecule has 34 heavy (non-hydrogen) atoms. The molecule has 0 aliphatic carbocycles. The Morgan fingerprint density at radius 1 is 1.18 bits per heavy atom. The Labute approximate surface area is 208 Å². The van der Waals surface area contributed by atoms with Gasteiger partial charge in [-0.15, -0.1) is 0 Å². The molecule has 2 aromatic rings. The smallest absolute Gasteiger partial charge is 0.266 e. The van der Waals surface area contributed by atoms with Crippen molar-refractivity contribution in [2.75, 3.05) is 20.7 Å². The number of carbonyl (C=O) groups is 1. The van der Waals surface area contributed by atoms with Gasteiger partial charge in [-0.25, -0.2) is 12.7 Å². The van der Waals surface area contributed by atoms with Gasteiger partial charge in [0.1, 0.15) is 5.75 Å². The minimum Gasteiger partial charge on any atom is -0.496 e. The number of amides is 1. The number of nitrogens with two attached hydrogens (primary N) is 1. The van der Waals surface area contributed by atoms with Crippen LogP contribution in [0, 0.1) is 0 Å². The van der Waals surface area contributed by atoms with Gasteiger partial charge in [0.25, 0.3) is 15.9 Å². The van der Waals surface area contributed by atoms with Crippen LogP contribution in [-0.4, -0.2) is 44.4 Å². The maximum absolute atomic E-state index is 13.1. The summed E-state index contributed by atoms with van der Waals surface area (Å²) in [6.07, 6.45) is 0.449. The Morgan fingerprint density at radius 2 is 1.82 bits per heavy atom. The summed E-state index contributed by atoms with van der Waals surface area (Å²) < 4.78 is 32.4. The molecule has 0 fully saturated rings. The highest BCUT2D eigenvalue weighted by Crippen LogP contribution is 2.29. The zero-order chi connectivity index (χ0) is 25.8. The second-order valence-electron chi connectivity index (χ2n) is 9.51. The summed E-state index contributed by atoms with van der Waals surface area (Å²) in [7, 11) is -1.01. The van der Waals surface area contributed by atoms with E-state index >= 15 is 0 Å². The normalized spacial score (nSPS) is 11.9. The number of sulfonamides is 1. The van der Waals surface area contributed by atoms with Crippen LogP contribution in [0.3, 0.4) is 0 Å². The maximum atomic E-state index is 13.1. The first-order chi connectivity index (χ1) is 15.7. The summed E-state index contributed by atoms with van der Waals surface area (Å²) in [5.74, 6) is 0.240. The van der Waals surface area contributed by atoms with Gasteiger partial charge in [-0.1, -0.05) is 52.8 Å². The van der Waals surface area contributed by atoms with Gasteiger partial charge in [-0.3, -0.25) is 4.79 Å². The second-order valence-corrected chi connectivity index (χ2v) is 11.9. The van der Waals surface area contributed by atoms with Crippen LogP contribution in [0.15, 0.2) is 41.3 Å². The molecular formula is C25H35N3O4S2. The Morgan fingerprint density at radius 3 is 2.35 bits per heavy atom. The summed E-state index contributed by atoms with van der Waals surface area (Å²) >= 11 is 4.87. The van der Waals surface area contributed by atoms with E-state index in [9.17, 15) is 13.2 Å². The topological polar surface area (TPSA) is 102 Å². The molecular weight excluding hydrogens is 470 g/mol. The van der Waals surface area contributed by atoms with Crippen molar-refractivity contribution in [3.63, 3.8) is 0 Å². The minimum atomic E-state index is -3.89. The minimum absolute atomic E-state index is 0.0131. The lowest BCUT2D eigenvalue weighted by molar-refractivity contribution is 0.0951. The summed E-state index contributed by atoms with van der Waals surface area (Å²) in [5.41, 5.74) is 8.41. The number of thiocarbonyl (C=S) groups is 1. The fourth-order valence-electron chi connectivity index (χ4n) is 3.47. The SMILES string of the molecule is COc1ccc(C(C)(C)C)cc1C(=O)NCCc1ccc(C(C)C)c(S(=O)(=O)N(C)C(N)=S)c1. The molecule has 7 nitrogen and oxygen atoms in total. The van der Waals surface area contributed by atoms with Gasteiger partial charge in [-0.2, -0.15) is 0 Å². The lowest BCUT2D eigenvalue weighted by atomic mass is 9.86. The molecule has 3 N–H and O–H groups in total. The molecule has 0 atom stereocenters. The lowest BCUT2D eigenvalue weighted by Gasteiger charge is -2.21. The molecule has 2 rings (SSSR count). The number of methoxy groups -OCH3 is 1. The van der Waals surface area contributed by atoms with Gasteiger partial charge in [0.15, 0.2) is 5.11 Å². The van der Waals surface area contributed by atoms with Crippen LogP contribution in [0.5, 0.6) is 5.75 Å². The molecule has 0 radical (unpaired) electrons. The lowest BCUT2D eigenvalue weighted by Crippen LogP contribution is -2.37. The summed E-state index contributed by atoms with van der Waals surface area (Å²) in [6.45, 7) is 10.4. The van der Waals surface area contributed by atoms with Crippen molar-refractivity contribution in [3.05, 3.63) is 58.7 Å². The molecule has 0 saturated heterocycles. The van der Waals surface area contributed by atoms with Crippen molar-refractivity contribution < 1.29 is 17.9 Å². The average molecular weight is 506 g/mol. The zero-order valence-electron chi connectivity index (χ0n) is 20.9. The second kappa shape index (κ2) is 10.7. The third-order valence-corrected chi connectivity index (χ3v) is 7.87. The number of ether oxygens (including phenoxy) is 1. The van der Waals surface area contributed by atoms with Crippen LogP contribution < -0.4 is 15.8 Å². The summed E-state index contributed by atoms with van der Waals surface area (Å²) in [5, 5.41) is 2.69. The van der Waals surface area contributed by atoms with Gasteiger partial charge >= 0.3 is 0 Å². The van der Waals surface area contributed by atoms with E-state index in [-0.39, 0.29) is 27.2 Å². The fourth-order valence-corrected chi connectivity index (χ4v) is 5.20. The molecule has 186 valence electrons. The van der Waals surface area contributed by atoms with E-state index in [1.54, 1.807) is 18.2 Å². The molecule has 0 unspecified atom stereocenters. The standard InChI is InChI=1S/C25H35N3O4S2/c1-16(2)19-10-8-17(14-22(19)34(30,31)28(6)24(26)33)12-13-27-23(29)20-15-18(25(3,4)5)9-11-21(20)32-7/h8-11,14-16H,12-13H2,1-7H3,(H2,26,33)(H,27,29). The molecule has 0 saturated carbocycles. The number of hydrogen-bond acceptors (Lipinski definition) is 5. The van der Waals surface area contributed by atoms with E-state index in [0.29, 0.717) is 29.8 Å². The highest BCUT2D eigenvalue weighted by Gasteiger charge is 2.26. The number of carbonyl (C=O) groups excluding carboxylic acids is 1. The van der Waals surface area contributed by atoms with E-state index in [2.05, 4.69) is 26.1 Å². The predicted octanol–water partition coefficient (Wildman–Crippen LogP) is 3.95. The maximum Gasteiger partial charge on any atom is 0.266 e. The van der Waals surface area contributed by atoms with Crippen molar-refractivity contribution in [1.29, 1.82) is 0 Å². The number of hydrogen-bond donors (Lipinski definition) is 2. The van der Waals surface area contributed by atoms with E-state index in [0.717, 1.165) is 15.4 Å². The largest absolute Gasteiger partial charge is 0.496 e. The van der Waals surface area contributed by atoms with Crippen LogP contribution in [0.4, 0.5) is 0 Å². The first-order valence-corrected chi connectivity index (χ1v) is 12.9. The quantitative estimate of drug-likeness (QED) is 0.527. The fraction of sp³-hybridized carbons (Fsp3) is 0.440.